The van der Waals surface area contributed by atoms with E-state index in [-0.39, 0.29) is 4.13 Å². The minimum atomic E-state index is -5.49. The Morgan fingerprint density at radius 2 is 1.76 bits per heavy atom. The molecule has 124 valence electrons. The summed E-state index contributed by atoms with van der Waals surface area (Å²) in [6, 6.07) is 0. The predicted octanol–water partition coefficient (Wildman–Crippen LogP) is -0.256. The third kappa shape index (κ3) is 13.6. The highest BCUT2D eigenvalue weighted by Gasteiger charge is 2.17. The van der Waals surface area contributed by atoms with E-state index < -0.39 is 20.8 Å². The molecule has 0 amide bonds. The summed E-state index contributed by atoms with van der Waals surface area (Å²) in [5, 5.41) is 0. The maximum absolute atomic E-state index is 11.1. The minimum absolute atomic E-state index is 0.0694. The quantitative estimate of drug-likeness (QED) is 0.415. The van der Waals surface area contributed by atoms with Crippen molar-refractivity contribution in [3.05, 3.63) is 18.7 Å². The monoisotopic (exact) mass is 350 g/mol. The fourth-order valence-electron chi connectivity index (χ4n) is 1.29. The second-order valence-corrected chi connectivity index (χ2v) is 6.39. The van der Waals surface area contributed by atoms with Gasteiger partial charge in [-0.25, -0.2) is 9.13 Å². The van der Waals surface area contributed by atoms with Crippen molar-refractivity contribution in [3.8, 4) is 0 Å². The van der Waals surface area contributed by atoms with E-state index in [4.69, 9.17) is 4.74 Å². The van der Waals surface area contributed by atoms with Gasteiger partial charge in [0, 0.05) is 13.7 Å². The summed E-state index contributed by atoms with van der Waals surface area (Å²) in [6.45, 7) is 1.96. The number of rotatable bonds is 7. The molecular formula is C9H18F2N3O5S2+. The molecule has 0 aromatic carbocycles. The summed E-state index contributed by atoms with van der Waals surface area (Å²) in [7, 11) is -7.21. The molecular weight excluding hydrogens is 332 g/mol. The topological polar surface area (TPSA) is 98.3 Å². The molecule has 0 aliphatic carbocycles. The van der Waals surface area contributed by atoms with Gasteiger partial charge in [-0.3, -0.25) is 0 Å². The Bertz CT molecular complexity index is 585. The first-order chi connectivity index (χ1) is 9.53. The number of unbranched alkanes of at least 4 members (excludes halogenated alkanes) is 1. The number of nitrogens with one attached hydrogen (secondary N) is 1. The van der Waals surface area contributed by atoms with Crippen LogP contribution in [0.5, 0.6) is 0 Å². The Morgan fingerprint density at radius 1 is 1.19 bits per heavy atom. The number of nitrogens with zero attached hydrogens (tertiary/aromatic N) is 2. The standard InChI is InChI=1S/C9H17N2O.F2HNO4S2/c1-10-6-7-11(9-10)5-3-4-8-12-2;1-8(4,5)3-9(2,6)7/h6-7,9H,3-5,8H2,1-2H3;3H/q+1;. The highest BCUT2D eigenvalue weighted by molar-refractivity contribution is 7.99. The smallest absolute Gasteiger partial charge is 0.385 e. The first-order valence-corrected chi connectivity index (χ1v) is 8.48. The van der Waals surface area contributed by atoms with E-state index in [1.165, 1.54) is 6.42 Å². The van der Waals surface area contributed by atoms with Crippen LogP contribution in [-0.4, -0.2) is 35.1 Å². The van der Waals surface area contributed by atoms with E-state index in [0.29, 0.717) is 0 Å². The number of methoxy groups -OCH3 is 1. The summed E-state index contributed by atoms with van der Waals surface area (Å²) < 4.78 is 68.5. The van der Waals surface area contributed by atoms with E-state index in [1.54, 1.807) is 7.11 Å². The van der Waals surface area contributed by atoms with Gasteiger partial charge in [0.25, 0.3) is 0 Å². The van der Waals surface area contributed by atoms with Crippen LogP contribution >= 0.6 is 0 Å². The number of hydrogen-bond acceptors (Lipinski definition) is 5. The Morgan fingerprint density at radius 3 is 2.10 bits per heavy atom. The van der Waals surface area contributed by atoms with Crippen molar-refractivity contribution in [1.29, 1.82) is 0 Å². The summed E-state index contributed by atoms with van der Waals surface area (Å²) in [5.41, 5.74) is 0. The molecule has 0 bridgehead atoms. The van der Waals surface area contributed by atoms with Gasteiger partial charge in [-0.2, -0.15) is 16.8 Å². The molecule has 12 heteroatoms. The first kappa shape index (κ1) is 19.9. The van der Waals surface area contributed by atoms with Crippen LogP contribution in [0.3, 0.4) is 0 Å². The van der Waals surface area contributed by atoms with Crippen molar-refractivity contribution in [2.45, 2.75) is 19.4 Å². The molecule has 0 spiro atoms. The van der Waals surface area contributed by atoms with Gasteiger partial charge in [0.15, 0.2) is 0 Å². The Labute approximate surface area is 123 Å². The largest absolute Gasteiger partial charge is 0.387 e. The lowest BCUT2D eigenvalue weighted by molar-refractivity contribution is -0.671. The van der Waals surface area contributed by atoms with E-state index in [0.717, 1.165) is 19.6 Å². The molecule has 0 aliphatic heterocycles. The van der Waals surface area contributed by atoms with E-state index >= 15 is 0 Å². The number of aryl methyl sites for hydroxylation is 2. The van der Waals surface area contributed by atoms with Crippen molar-refractivity contribution in [1.82, 2.24) is 8.69 Å². The number of halogens is 2. The van der Waals surface area contributed by atoms with Gasteiger partial charge in [-0.05, 0) is 12.8 Å². The van der Waals surface area contributed by atoms with Crippen LogP contribution in [0, 0.1) is 0 Å². The zero-order valence-electron chi connectivity index (χ0n) is 11.6. The molecule has 1 rings (SSSR count). The molecule has 1 aromatic heterocycles. The maximum atomic E-state index is 11.1. The zero-order chi connectivity index (χ0) is 16.5. The lowest BCUT2D eigenvalue weighted by Crippen LogP contribution is -2.23. The van der Waals surface area contributed by atoms with Crippen LogP contribution in [0.2, 0.25) is 0 Å². The molecule has 0 fully saturated rings. The van der Waals surface area contributed by atoms with Crippen molar-refractivity contribution in [2.75, 3.05) is 13.7 Å². The van der Waals surface area contributed by atoms with Gasteiger partial charge in [-0.1, -0.05) is 11.9 Å². The molecule has 1 N–H and O–H groups in total. The average molecular weight is 350 g/mol. The highest BCUT2D eigenvalue weighted by atomic mass is 32.3. The third-order valence-corrected chi connectivity index (χ3v) is 3.63. The zero-order valence-corrected chi connectivity index (χ0v) is 13.2. The van der Waals surface area contributed by atoms with E-state index in [2.05, 4.69) is 27.9 Å². The number of ether oxygens (including phenoxy) is 1. The molecule has 1 aromatic rings. The number of imidazole rings is 1. The van der Waals surface area contributed by atoms with Crippen LogP contribution < -0.4 is 8.69 Å². The Balaban J connectivity index is 0.000000400. The van der Waals surface area contributed by atoms with Gasteiger partial charge >= 0.3 is 20.8 Å². The fourth-order valence-corrected chi connectivity index (χ4v) is 2.24. The van der Waals surface area contributed by atoms with Crippen LogP contribution in [0.1, 0.15) is 12.8 Å². The van der Waals surface area contributed by atoms with Crippen LogP contribution in [0.15, 0.2) is 18.7 Å². The second kappa shape index (κ2) is 9.02. The van der Waals surface area contributed by atoms with E-state index in [1.807, 2.05) is 7.05 Å². The minimum Gasteiger partial charge on any atom is -0.385 e. The Hall–Kier alpha value is -1.11. The fraction of sp³-hybridized carbons (Fsp3) is 0.667. The van der Waals surface area contributed by atoms with Gasteiger partial charge in [0.2, 0.25) is 6.33 Å². The third-order valence-electron chi connectivity index (χ3n) is 2.04. The van der Waals surface area contributed by atoms with Crippen molar-refractivity contribution < 1.29 is 33.9 Å². The molecule has 0 saturated carbocycles. The van der Waals surface area contributed by atoms with Crippen molar-refractivity contribution >= 4 is 20.8 Å². The predicted molar refractivity (Wildman–Crippen MR) is 69.9 cm³/mol. The number of aromatic nitrogens is 2. The molecule has 1 heterocycles. The lowest BCUT2D eigenvalue weighted by Gasteiger charge is -1.96. The van der Waals surface area contributed by atoms with Gasteiger partial charge < -0.3 is 4.74 Å². The Kier molecular flexibility index (Phi) is 8.54. The van der Waals surface area contributed by atoms with E-state index in [9.17, 15) is 24.6 Å². The maximum Gasteiger partial charge on any atom is 0.387 e. The van der Waals surface area contributed by atoms with Crippen LogP contribution in [-0.2, 0) is 39.1 Å². The SMILES string of the molecule is COCCCCn1cc[n+](C)c1.O=S(=O)(F)NS(=O)(=O)F. The molecule has 21 heavy (non-hydrogen) atoms. The first-order valence-electron chi connectivity index (χ1n) is 5.71. The molecule has 0 radical (unpaired) electrons. The highest BCUT2D eigenvalue weighted by Crippen LogP contribution is 1.94. The van der Waals surface area contributed by atoms with Gasteiger partial charge in [0.05, 0.1) is 13.6 Å². The normalized spacial score (nSPS) is 11.8. The van der Waals surface area contributed by atoms with Crippen molar-refractivity contribution in [3.63, 3.8) is 0 Å². The molecule has 0 saturated heterocycles. The van der Waals surface area contributed by atoms with Crippen molar-refractivity contribution in [2.24, 2.45) is 7.05 Å². The second-order valence-electron chi connectivity index (χ2n) is 3.98. The lowest BCUT2D eigenvalue weighted by atomic mass is 10.3. The summed E-state index contributed by atoms with van der Waals surface area (Å²) in [4.78, 5) is 0. The summed E-state index contributed by atoms with van der Waals surface area (Å²) in [6.07, 6.45) is 8.55. The summed E-state index contributed by atoms with van der Waals surface area (Å²) in [5.74, 6) is 0. The average Bonchev–Trinajstić information content (AvgIpc) is 2.66. The van der Waals surface area contributed by atoms with Crippen LogP contribution in [0.4, 0.5) is 7.77 Å². The molecule has 8 nitrogen and oxygen atoms in total. The number of hydrogen-bond donors (Lipinski definition) is 1. The molecule has 0 aliphatic rings. The summed E-state index contributed by atoms with van der Waals surface area (Å²) >= 11 is 0. The van der Waals surface area contributed by atoms with Gasteiger partial charge in [-0.15, -0.1) is 0 Å². The van der Waals surface area contributed by atoms with Gasteiger partial charge in [0.1, 0.15) is 12.4 Å². The van der Waals surface area contributed by atoms with Crippen LogP contribution in [0.25, 0.3) is 0 Å². The molecule has 0 unspecified atom stereocenters. The molecule has 0 atom stereocenters.